The molecular formula is C12H15F4NOS. The molecule has 0 fully saturated rings. The highest BCUT2D eigenvalue weighted by Gasteiger charge is 2.31. The smallest absolute Gasteiger partial charge is 0.380 e. The van der Waals surface area contributed by atoms with Crippen LogP contribution in [0.5, 0.6) is 0 Å². The summed E-state index contributed by atoms with van der Waals surface area (Å²) in [5, 5.41) is 2.77. The van der Waals surface area contributed by atoms with Gasteiger partial charge >= 0.3 is 6.18 Å². The van der Waals surface area contributed by atoms with E-state index in [-0.39, 0.29) is 11.7 Å². The summed E-state index contributed by atoms with van der Waals surface area (Å²) in [6.07, 6.45) is -2.45. The molecule has 0 aromatic heterocycles. The summed E-state index contributed by atoms with van der Waals surface area (Å²) in [7, 11) is -0.947. The Morgan fingerprint density at radius 2 is 2.00 bits per heavy atom. The second kappa shape index (κ2) is 6.36. The van der Waals surface area contributed by atoms with E-state index >= 15 is 0 Å². The Labute approximate surface area is 111 Å². The molecule has 2 atom stereocenters. The van der Waals surface area contributed by atoms with Crippen molar-refractivity contribution in [1.82, 2.24) is 0 Å². The fourth-order valence-electron chi connectivity index (χ4n) is 1.49. The predicted molar refractivity (Wildman–Crippen MR) is 68.0 cm³/mol. The van der Waals surface area contributed by atoms with Crippen molar-refractivity contribution in [2.45, 2.75) is 25.6 Å². The van der Waals surface area contributed by atoms with Gasteiger partial charge in [0, 0.05) is 28.9 Å². The van der Waals surface area contributed by atoms with Crippen LogP contribution < -0.4 is 5.32 Å². The maximum atomic E-state index is 13.5. The van der Waals surface area contributed by atoms with Crippen molar-refractivity contribution in [3.63, 3.8) is 0 Å². The first-order valence-electron chi connectivity index (χ1n) is 5.63. The highest BCUT2D eigenvalue weighted by atomic mass is 32.2. The zero-order valence-corrected chi connectivity index (χ0v) is 11.4. The fourth-order valence-corrected chi connectivity index (χ4v) is 2.17. The summed E-state index contributed by atoms with van der Waals surface area (Å²) in [6, 6.07) is 2.19. The molecule has 108 valence electrons. The molecule has 1 N–H and O–H groups in total. The molecule has 0 aliphatic rings. The Hall–Kier alpha value is -1.11. The largest absolute Gasteiger partial charge is 0.416 e. The van der Waals surface area contributed by atoms with Crippen molar-refractivity contribution in [2.24, 2.45) is 0 Å². The third-order valence-electron chi connectivity index (χ3n) is 2.54. The highest BCUT2D eigenvalue weighted by Crippen LogP contribution is 2.31. The number of rotatable bonds is 5. The first-order valence-corrected chi connectivity index (χ1v) is 7.36. The van der Waals surface area contributed by atoms with Gasteiger partial charge < -0.3 is 5.32 Å². The lowest BCUT2D eigenvalue weighted by Crippen LogP contribution is -2.19. The second-order valence-electron chi connectivity index (χ2n) is 4.30. The number of halogens is 4. The van der Waals surface area contributed by atoms with Gasteiger partial charge in [0.1, 0.15) is 5.82 Å². The fraction of sp³-hybridized carbons (Fsp3) is 0.500. The van der Waals surface area contributed by atoms with Crippen LogP contribution in [-0.4, -0.2) is 22.3 Å². The molecule has 0 amide bonds. The molecule has 2 unspecified atom stereocenters. The van der Waals surface area contributed by atoms with Gasteiger partial charge in [-0.05, 0) is 31.5 Å². The van der Waals surface area contributed by atoms with Gasteiger partial charge in [-0.3, -0.25) is 4.21 Å². The average molecular weight is 297 g/mol. The van der Waals surface area contributed by atoms with Crippen molar-refractivity contribution in [3.05, 3.63) is 29.6 Å². The molecule has 0 aliphatic heterocycles. The molecule has 0 saturated carbocycles. The van der Waals surface area contributed by atoms with Gasteiger partial charge in [0.05, 0.1) is 11.3 Å². The highest BCUT2D eigenvalue weighted by molar-refractivity contribution is 7.84. The number of anilines is 1. The Morgan fingerprint density at radius 3 is 2.47 bits per heavy atom. The molecule has 1 rings (SSSR count). The van der Waals surface area contributed by atoms with Crippen molar-refractivity contribution in [3.8, 4) is 0 Å². The maximum Gasteiger partial charge on any atom is 0.416 e. The van der Waals surface area contributed by atoms with Crippen LogP contribution in [0.4, 0.5) is 23.2 Å². The molecule has 7 heteroatoms. The Morgan fingerprint density at radius 1 is 1.37 bits per heavy atom. The standard InChI is InChI=1S/C12H15F4NOS/c1-8(5-6-19(2)18)17-11-4-3-9(7-10(11)13)12(14,15)16/h3-4,7-8,17H,5-6H2,1-2H3. The SMILES string of the molecule is CC(CCS(C)=O)Nc1ccc(C(F)(F)F)cc1F. The summed E-state index contributed by atoms with van der Waals surface area (Å²) in [5.74, 6) is -0.490. The summed E-state index contributed by atoms with van der Waals surface area (Å²) >= 11 is 0. The molecule has 19 heavy (non-hydrogen) atoms. The normalized spacial score (nSPS) is 15.1. The molecular weight excluding hydrogens is 282 g/mol. The van der Waals surface area contributed by atoms with Crippen molar-refractivity contribution < 1.29 is 21.8 Å². The summed E-state index contributed by atoms with van der Waals surface area (Å²) in [6.45, 7) is 1.75. The third kappa shape index (κ3) is 5.18. The minimum atomic E-state index is -4.55. The van der Waals surface area contributed by atoms with E-state index in [1.54, 1.807) is 13.2 Å². The van der Waals surface area contributed by atoms with E-state index in [0.29, 0.717) is 18.2 Å². The molecule has 0 saturated heterocycles. The zero-order chi connectivity index (χ0) is 14.6. The van der Waals surface area contributed by atoms with E-state index in [1.165, 1.54) is 0 Å². The number of benzene rings is 1. The lowest BCUT2D eigenvalue weighted by molar-refractivity contribution is -0.137. The molecule has 0 spiro atoms. The Kier molecular flexibility index (Phi) is 5.34. The lowest BCUT2D eigenvalue weighted by Gasteiger charge is -2.16. The molecule has 0 aliphatic carbocycles. The summed E-state index contributed by atoms with van der Waals surface area (Å²) in [4.78, 5) is 0. The molecule has 1 aromatic carbocycles. The first kappa shape index (κ1) is 15.9. The Bertz CT molecular complexity index is 462. The minimum Gasteiger partial charge on any atom is -0.380 e. The van der Waals surface area contributed by atoms with Crippen molar-refractivity contribution in [2.75, 3.05) is 17.3 Å². The van der Waals surface area contributed by atoms with Crippen LogP contribution in [0, 0.1) is 5.82 Å². The molecule has 0 heterocycles. The maximum absolute atomic E-state index is 13.5. The van der Waals surface area contributed by atoms with Gasteiger partial charge in [-0.15, -0.1) is 0 Å². The van der Waals surface area contributed by atoms with Gasteiger partial charge in [0.15, 0.2) is 0 Å². The van der Waals surface area contributed by atoms with E-state index in [0.717, 1.165) is 12.1 Å². The number of hydrogen-bond donors (Lipinski definition) is 1. The van der Waals surface area contributed by atoms with Crippen LogP contribution in [0.3, 0.4) is 0 Å². The molecule has 0 radical (unpaired) electrons. The number of nitrogens with one attached hydrogen (secondary N) is 1. The summed E-state index contributed by atoms with van der Waals surface area (Å²) < 4.78 is 61.5. The lowest BCUT2D eigenvalue weighted by atomic mass is 10.1. The van der Waals surface area contributed by atoms with Gasteiger partial charge in [0.25, 0.3) is 0 Å². The number of alkyl halides is 3. The van der Waals surface area contributed by atoms with Crippen LogP contribution in [0.25, 0.3) is 0 Å². The van der Waals surface area contributed by atoms with Crippen LogP contribution in [0.1, 0.15) is 18.9 Å². The Balaban J connectivity index is 2.72. The van der Waals surface area contributed by atoms with E-state index in [1.807, 2.05) is 0 Å². The van der Waals surface area contributed by atoms with Crippen LogP contribution in [0.2, 0.25) is 0 Å². The minimum absolute atomic E-state index is 0.0161. The quantitative estimate of drug-likeness (QED) is 0.844. The van der Waals surface area contributed by atoms with Gasteiger partial charge in [-0.1, -0.05) is 0 Å². The monoisotopic (exact) mass is 297 g/mol. The average Bonchev–Trinajstić information content (AvgIpc) is 2.27. The topological polar surface area (TPSA) is 29.1 Å². The van der Waals surface area contributed by atoms with Crippen LogP contribution in [0.15, 0.2) is 18.2 Å². The van der Waals surface area contributed by atoms with Crippen LogP contribution in [-0.2, 0) is 17.0 Å². The predicted octanol–water partition coefficient (Wildman–Crippen LogP) is 3.41. The third-order valence-corrected chi connectivity index (χ3v) is 3.35. The van der Waals surface area contributed by atoms with Gasteiger partial charge in [-0.25, -0.2) is 4.39 Å². The van der Waals surface area contributed by atoms with Crippen molar-refractivity contribution >= 4 is 16.5 Å². The molecule has 2 nitrogen and oxygen atoms in total. The second-order valence-corrected chi connectivity index (χ2v) is 5.86. The van der Waals surface area contributed by atoms with E-state index in [4.69, 9.17) is 0 Å². The first-order chi connectivity index (χ1) is 8.70. The van der Waals surface area contributed by atoms with E-state index in [2.05, 4.69) is 5.32 Å². The van der Waals surface area contributed by atoms with Gasteiger partial charge in [0.2, 0.25) is 0 Å². The molecule has 1 aromatic rings. The summed E-state index contributed by atoms with van der Waals surface area (Å²) in [5.41, 5.74) is -1.000. The zero-order valence-electron chi connectivity index (χ0n) is 10.6. The van der Waals surface area contributed by atoms with Crippen LogP contribution >= 0.6 is 0 Å². The van der Waals surface area contributed by atoms with Gasteiger partial charge in [-0.2, -0.15) is 13.2 Å². The van der Waals surface area contributed by atoms with Crippen molar-refractivity contribution in [1.29, 1.82) is 0 Å². The molecule has 0 bridgehead atoms. The van der Waals surface area contributed by atoms with E-state index in [9.17, 15) is 21.8 Å². The van der Waals surface area contributed by atoms with E-state index < -0.39 is 28.4 Å². The number of hydrogen-bond acceptors (Lipinski definition) is 2.